The molecule has 4 fully saturated rings. The van der Waals surface area contributed by atoms with Crippen molar-refractivity contribution in [2.45, 2.75) is 80.4 Å². The van der Waals surface area contributed by atoms with Gasteiger partial charge in [0, 0.05) is 35.6 Å². The number of thiophene rings is 1. The third kappa shape index (κ3) is 5.21. The monoisotopic (exact) mass is 665 g/mol. The Hall–Kier alpha value is -3.69. The minimum absolute atomic E-state index is 0.104. The number of benzene rings is 1. The standard InChI is InChI=1S/C32H33FN5O6PS/c33-28(45(42,43)44)18-6-9-26-20(13-18)14-27(46-26)29(39)36-24-5-1-4-21-7-8-25(38(21)30(24)40)31(41)37-17-22(19-3-2-12-35-16-19)23(15-34)32(37)10-11-32/h2-3,6,9,12-14,16,21-25,28H,1,4-5,7-8,10-11,17H2,(H,36,39)(H2,42,43,44)/t21-,22+,23+,24-,25-,28-/m0/s1. The van der Waals surface area contributed by atoms with Crippen LogP contribution in [0, 0.1) is 17.2 Å². The summed E-state index contributed by atoms with van der Waals surface area (Å²) in [6, 6.07) is 10.3. The summed E-state index contributed by atoms with van der Waals surface area (Å²) < 4.78 is 26.3. The molecule has 240 valence electrons. The molecule has 1 aliphatic carbocycles. The van der Waals surface area contributed by atoms with Crippen molar-refractivity contribution in [1.82, 2.24) is 20.1 Å². The molecule has 5 heterocycles. The van der Waals surface area contributed by atoms with Crippen molar-refractivity contribution in [3.8, 4) is 6.07 Å². The fourth-order valence-electron chi connectivity index (χ4n) is 7.81. The molecule has 3 saturated heterocycles. The first-order valence-electron chi connectivity index (χ1n) is 15.5. The maximum Gasteiger partial charge on any atom is 0.363 e. The van der Waals surface area contributed by atoms with Crippen LogP contribution in [0.2, 0.25) is 0 Å². The molecule has 1 aromatic carbocycles. The van der Waals surface area contributed by atoms with Crippen LogP contribution >= 0.6 is 18.9 Å². The Morgan fingerprint density at radius 2 is 1.98 bits per heavy atom. The van der Waals surface area contributed by atoms with Gasteiger partial charge in [-0.3, -0.25) is 23.9 Å². The van der Waals surface area contributed by atoms with Gasteiger partial charge in [-0.25, -0.2) is 4.39 Å². The highest BCUT2D eigenvalue weighted by Gasteiger charge is 2.64. The van der Waals surface area contributed by atoms with Crippen LogP contribution in [0.5, 0.6) is 0 Å². The van der Waals surface area contributed by atoms with Gasteiger partial charge in [0.05, 0.1) is 22.4 Å². The second-order valence-electron chi connectivity index (χ2n) is 12.8. The highest BCUT2D eigenvalue weighted by Crippen LogP contribution is 2.58. The van der Waals surface area contributed by atoms with Gasteiger partial charge in [0.25, 0.3) is 5.91 Å². The number of carbonyl (C=O) groups is 3. The molecule has 7 rings (SSSR count). The highest BCUT2D eigenvalue weighted by molar-refractivity contribution is 7.51. The first-order valence-corrected chi connectivity index (χ1v) is 18.0. The summed E-state index contributed by atoms with van der Waals surface area (Å²) in [6.07, 6.45) is 8.00. The van der Waals surface area contributed by atoms with E-state index < -0.39 is 37.0 Å². The average Bonchev–Trinajstić information content (AvgIpc) is 3.42. The Bertz CT molecular complexity index is 1800. The summed E-state index contributed by atoms with van der Waals surface area (Å²) in [4.78, 5) is 68.2. The van der Waals surface area contributed by atoms with Gasteiger partial charge in [0.15, 0.2) is 0 Å². The molecule has 2 aromatic heterocycles. The number of carbonyl (C=O) groups excluding carboxylic acids is 3. The minimum atomic E-state index is -4.99. The van der Waals surface area contributed by atoms with Crippen LogP contribution in [0.15, 0.2) is 48.8 Å². The van der Waals surface area contributed by atoms with Gasteiger partial charge in [0.1, 0.15) is 12.1 Å². The van der Waals surface area contributed by atoms with E-state index in [0.717, 1.165) is 36.2 Å². The quantitative estimate of drug-likeness (QED) is 0.327. The van der Waals surface area contributed by atoms with Gasteiger partial charge in [0.2, 0.25) is 17.7 Å². The second kappa shape index (κ2) is 11.5. The average molecular weight is 666 g/mol. The molecule has 3 N–H and O–H groups in total. The smallest absolute Gasteiger partial charge is 0.340 e. The molecule has 46 heavy (non-hydrogen) atoms. The Labute approximate surface area is 268 Å². The van der Waals surface area contributed by atoms with E-state index in [2.05, 4.69) is 16.4 Å². The van der Waals surface area contributed by atoms with E-state index in [0.29, 0.717) is 42.3 Å². The predicted octanol–water partition coefficient (Wildman–Crippen LogP) is 4.38. The van der Waals surface area contributed by atoms with Crippen molar-refractivity contribution < 1.29 is 33.1 Å². The molecule has 0 radical (unpaired) electrons. The van der Waals surface area contributed by atoms with Crippen LogP contribution in [0.25, 0.3) is 10.1 Å². The number of aromatic nitrogens is 1. The summed E-state index contributed by atoms with van der Waals surface area (Å²) in [7, 11) is -4.99. The maximum absolute atomic E-state index is 14.3. The summed E-state index contributed by atoms with van der Waals surface area (Å²) in [5.74, 6) is -3.88. The van der Waals surface area contributed by atoms with Gasteiger partial charge < -0.3 is 24.9 Å². The number of halogens is 1. The number of likely N-dealkylation sites (tertiary alicyclic amines) is 1. The van der Waals surface area contributed by atoms with Crippen molar-refractivity contribution in [2.24, 2.45) is 5.92 Å². The molecule has 0 bridgehead atoms. The molecule has 14 heteroatoms. The molecule has 3 aromatic rings. The second-order valence-corrected chi connectivity index (χ2v) is 15.5. The lowest BCUT2D eigenvalue weighted by Crippen LogP contribution is -2.56. The van der Waals surface area contributed by atoms with Crippen LogP contribution < -0.4 is 5.32 Å². The van der Waals surface area contributed by atoms with Crippen LogP contribution in [0.3, 0.4) is 0 Å². The number of nitrogens with zero attached hydrogens (tertiary/aromatic N) is 4. The van der Waals surface area contributed by atoms with E-state index in [1.54, 1.807) is 17.3 Å². The van der Waals surface area contributed by atoms with E-state index in [9.17, 15) is 38.4 Å². The third-order valence-corrected chi connectivity index (χ3v) is 12.2. The van der Waals surface area contributed by atoms with Crippen molar-refractivity contribution >= 4 is 46.7 Å². The number of nitriles is 1. The number of fused-ring (bicyclic) bond motifs is 2. The molecular formula is C32H33FN5O6PS. The Morgan fingerprint density at radius 1 is 1.17 bits per heavy atom. The number of alkyl halides is 1. The van der Waals surface area contributed by atoms with Gasteiger partial charge in [-0.1, -0.05) is 12.1 Å². The van der Waals surface area contributed by atoms with Crippen molar-refractivity contribution in [3.63, 3.8) is 0 Å². The Kier molecular flexibility index (Phi) is 7.75. The third-order valence-electron chi connectivity index (χ3n) is 10.2. The normalized spacial score (nSPS) is 27.7. The van der Waals surface area contributed by atoms with Crippen molar-refractivity contribution in [3.05, 3.63) is 64.8 Å². The Balaban J connectivity index is 1.09. The molecule has 4 aliphatic rings. The summed E-state index contributed by atoms with van der Waals surface area (Å²) in [5.41, 5.74) is 0.220. The predicted molar refractivity (Wildman–Crippen MR) is 166 cm³/mol. The number of rotatable bonds is 6. The van der Waals surface area contributed by atoms with E-state index in [1.165, 1.54) is 24.3 Å². The largest absolute Gasteiger partial charge is 0.363 e. The van der Waals surface area contributed by atoms with Gasteiger partial charge in [-0.15, -0.1) is 11.3 Å². The lowest BCUT2D eigenvalue weighted by atomic mass is 9.85. The van der Waals surface area contributed by atoms with Crippen molar-refractivity contribution in [1.29, 1.82) is 5.26 Å². The fourth-order valence-corrected chi connectivity index (χ4v) is 9.31. The molecule has 3 aliphatic heterocycles. The summed E-state index contributed by atoms with van der Waals surface area (Å²) in [5, 5.41) is 13.5. The molecular weight excluding hydrogens is 632 g/mol. The molecule has 1 saturated carbocycles. The molecule has 11 nitrogen and oxygen atoms in total. The maximum atomic E-state index is 14.3. The van der Waals surface area contributed by atoms with E-state index >= 15 is 0 Å². The Morgan fingerprint density at radius 3 is 2.67 bits per heavy atom. The van der Waals surface area contributed by atoms with E-state index in [4.69, 9.17) is 0 Å². The lowest BCUT2D eigenvalue weighted by molar-refractivity contribution is -0.147. The zero-order valence-electron chi connectivity index (χ0n) is 24.8. The van der Waals surface area contributed by atoms with Crippen LogP contribution in [0.1, 0.15) is 77.6 Å². The van der Waals surface area contributed by atoms with E-state index in [-0.39, 0.29) is 40.1 Å². The van der Waals surface area contributed by atoms with Crippen molar-refractivity contribution in [2.75, 3.05) is 6.54 Å². The lowest BCUT2D eigenvalue weighted by Gasteiger charge is -2.35. The summed E-state index contributed by atoms with van der Waals surface area (Å²) >= 11 is 1.13. The van der Waals surface area contributed by atoms with Crippen LogP contribution in [-0.2, 0) is 14.2 Å². The number of pyridine rings is 1. The SMILES string of the molecule is N#C[C@@H]1[C@@H](c2cccnc2)CN(C(=O)[C@@H]2CC[C@@H]3CCC[C@H](NC(=O)c4cc5cc([C@@H](F)P(=O)(O)O)ccc5s4)C(=O)N32)C12CC2. The van der Waals surface area contributed by atoms with Gasteiger partial charge in [-0.2, -0.15) is 5.26 Å². The first-order chi connectivity index (χ1) is 22.0. The molecule has 0 unspecified atom stereocenters. The molecule has 6 atom stereocenters. The number of hydrogen-bond donors (Lipinski definition) is 3. The molecule has 1 spiro atoms. The zero-order chi connectivity index (χ0) is 32.4. The fraction of sp³-hybridized carbons (Fsp3) is 0.469. The minimum Gasteiger partial charge on any atom is -0.340 e. The van der Waals surface area contributed by atoms with E-state index in [1.807, 2.05) is 17.0 Å². The first kappa shape index (κ1) is 30.9. The number of hydrogen-bond acceptors (Lipinski definition) is 7. The zero-order valence-corrected chi connectivity index (χ0v) is 26.5. The van der Waals surface area contributed by atoms with Crippen LogP contribution in [-0.4, -0.2) is 72.5 Å². The number of nitrogens with one attached hydrogen (secondary N) is 1. The topological polar surface area (TPSA) is 164 Å². The van der Waals surface area contributed by atoms with Gasteiger partial charge >= 0.3 is 7.60 Å². The van der Waals surface area contributed by atoms with Gasteiger partial charge in [-0.05, 0) is 85.7 Å². The highest BCUT2D eigenvalue weighted by atomic mass is 32.1. The number of amides is 3. The van der Waals surface area contributed by atoms with Crippen LogP contribution in [0.4, 0.5) is 4.39 Å². The summed E-state index contributed by atoms with van der Waals surface area (Å²) in [6.45, 7) is 0.400. The molecule has 3 amide bonds.